The fourth-order valence-corrected chi connectivity index (χ4v) is 4.14. The predicted octanol–water partition coefficient (Wildman–Crippen LogP) is -0.753. The summed E-state index contributed by atoms with van der Waals surface area (Å²) in [5.74, 6) is -0.981. The van der Waals surface area contributed by atoms with E-state index < -0.39 is 21.2 Å². The summed E-state index contributed by atoms with van der Waals surface area (Å²) in [6.45, 7) is 0. The Morgan fingerprint density at radius 3 is 2.76 bits per heavy atom. The van der Waals surface area contributed by atoms with Crippen LogP contribution in [0.3, 0.4) is 0 Å². The van der Waals surface area contributed by atoms with Crippen LogP contribution in [0.2, 0.25) is 0 Å². The van der Waals surface area contributed by atoms with E-state index in [0.29, 0.717) is 5.82 Å². The first-order valence-electron chi connectivity index (χ1n) is 5.11. The molecule has 1 unspecified atom stereocenters. The molecule has 0 bridgehead atoms. The van der Waals surface area contributed by atoms with Gasteiger partial charge in [-0.1, -0.05) is 0 Å². The summed E-state index contributed by atoms with van der Waals surface area (Å²) in [6.07, 6.45) is 1.56. The summed E-state index contributed by atoms with van der Waals surface area (Å²) in [5.41, 5.74) is -1.25. The largest absolute Gasteiger partial charge is 0.481 e. The molecule has 1 fully saturated rings. The zero-order valence-corrected chi connectivity index (χ0v) is 10.1. The number of carboxylic acid groups (broad SMARTS) is 1. The quantitative estimate of drug-likeness (QED) is 0.766. The van der Waals surface area contributed by atoms with Crippen LogP contribution in [0.25, 0.3) is 0 Å². The molecule has 1 aromatic rings. The zero-order chi connectivity index (χ0) is 12.7. The highest BCUT2D eigenvalue weighted by Crippen LogP contribution is 2.35. The molecule has 1 atom stereocenters. The van der Waals surface area contributed by atoms with Gasteiger partial charge in [0.2, 0.25) is 0 Å². The van der Waals surface area contributed by atoms with Crippen LogP contribution in [0.1, 0.15) is 12.2 Å². The molecule has 1 aliphatic rings. The SMILES string of the molecule is Cn1ncnc1CC1(C(=O)O)CCS(=O)(=O)C1. The number of aromatic nitrogens is 3. The molecule has 0 aromatic carbocycles. The molecule has 0 amide bonds. The van der Waals surface area contributed by atoms with Gasteiger partial charge >= 0.3 is 5.97 Å². The lowest BCUT2D eigenvalue weighted by Gasteiger charge is -2.21. The predicted molar refractivity (Wildman–Crippen MR) is 58.0 cm³/mol. The number of sulfone groups is 1. The minimum Gasteiger partial charge on any atom is -0.481 e. The molecule has 0 spiro atoms. The van der Waals surface area contributed by atoms with E-state index in [1.54, 1.807) is 7.05 Å². The van der Waals surface area contributed by atoms with Crippen LogP contribution in [-0.4, -0.2) is 45.8 Å². The van der Waals surface area contributed by atoms with E-state index in [1.807, 2.05) is 0 Å². The monoisotopic (exact) mass is 259 g/mol. The molecule has 0 aliphatic carbocycles. The normalized spacial score (nSPS) is 27.1. The van der Waals surface area contributed by atoms with Crippen LogP contribution in [0, 0.1) is 5.41 Å². The lowest BCUT2D eigenvalue weighted by molar-refractivity contribution is -0.147. The average Bonchev–Trinajstić information content (AvgIpc) is 2.73. The lowest BCUT2D eigenvalue weighted by atomic mass is 9.84. The van der Waals surface area contributed by atoms with Crippen molar-refractivity contribution in [3.05, 3.63) is 12.2 Å². The Kier molecular flexibility index (Phi) is 2.69. The molecule has 0 radical (unpaired) electrons. The second-order valence-electron chi connectivity index (χ2n) is 4.40. The third-order valence-electron chi connectivity index (χ3n) is 3.14. The molecule has 17 heavy (non-hydrogen) atoms. The smallest absolute Gasteiger partial charge is 0.311 e. The van der Waals surface area contributed by atoms with E-state index in [2.05, 4.69) is 10.1 Å². The van der Waals surface area contributed by atoms with Crippen molar-refractivity contribution in [3.8, 4) is 0 Å². The van der Waals surface area contributed by atoms with Gasteiger partial charge in [-0.05, 0) is 6.42 Å². The minimum absolute atomic E-state index is 0.0723. The Hall–Kier alpha value is -1.44. The van der Waals surface area contributed by atoms with Crippen molar-refractivity contribution in [2.24, 2.45) is 12.5 Å². The number of rotatable bonds is 3. The highest BCUT2D eigenvalue weighted by molar-refractivity contribution is 7.91. The second kappa shape index (κ2) is 3.80. The van der Waals surface area contributed by atoms with Gasteiger partial charge in [-0.2, -0.15) is 5.10 Å². The van der Waals surface area contributed by atoms with Crippen LogP contribution in [0.4, 0.5) is 0 Å². The van der Waals surface area contributed by atoms with Crippen molar-refractivity contribution in [2.75, 3.05) is 11.5 Å². The molecule has 8 heteroatoms. The molecule has 7 nitrogen and oxygen atoms in total. The molecule has 94 valence electrons. The summed E-state index contributed by atoms with van der Waals surface area (Å²) >= 11 is 0. The molecule has 1 N–H and O–H groups in total. The maximum Gasteiger partial charge on any atom is 0.311 e. The topological polar surface area (TPSA) is 102 Å². The van der Waals surface area contributed by atoms with Crippen molar-refractivity contribution < 1.29 is 18.3 Å². The molecule has 1 aliphatic heterocycles. The van der Waals surface area contributed by atoms with Crippen LogP contribution < -0.4 is 0 Å². The van der Waals surface area contributed by atoms with Crippen LogP contribution in [0.5, 0.6) is 0 Å². The number of aliphatic carboxylic acids is 1. The number of carboxylic acids is 1. The van der Waals surface area contributed by atoms with Crippen molar-refractivity contribution >= 4 is 15.8 Å². The molecular formula is C9H13N3O4S. The Morgan fingerprint density at radius 1 is 1.65 bits per heavy atom. The van der Waals surface area contributed by atoms with Gasteiger partial charge in [0.1, 0.15) is 12.2 Å². The van der Waals surface area contributed by atoms with Crippen LogP contribution in [-0.2, 0) is 28.1 Å². The van der Waals surface area contributed by atoms with Crippen LogP contribution >= 0.6 is 0 Å². The Labute approximate surface area is 98.4 Å². The standard InChI is InChI=1S/C9H13N3O4S/c1-12-7(10-6-11-12)4-9(8(13)14)2-3-17(15,16)5-9/h6H,2-5H2,1H3,(H,13,14). The maximum absolute atomic E-state index is 11.5. The van der Waals surface area contributed by atoms with Crippen molar-refractivity contribution in [3.63, 3.8) is 0 Å². The number of hydrogen-bond donors (Lipinski definition) is 1. The van der Waals surface area contributed by atoms with Gasteiger partial charge in [-0.25, -0.2) is 13.4 Å². The molecule has 0 saturated carbocycles. The second-order valence-corrected chi connectivity index (χ2v) is 6.59. The van der Waals surface area contributed by atoms with E-state index >= 15 is 0 Å². The minimum atomic E-state index is -3.25. The maximum atomic E-state index is 11.5. The van der Waals surface area contributed by atoms with E-state index in [1.165, 1.54) is 11.0 Å². The Balaban J connectivity index is 2.32. The summed E-state index contributed by atoms with van der Waals surface area (Å²) < 4.78 is 24.4. The van der Waals surface area contributed by atoms with Gasteiger partial charge in [-0.15, -0.1) is 0 Å². The van der Waals surface area contributed by atoms with Gasteiger partial charge < -0.3 is 5.11 Å². The number of hydrogen-bond acceptors (Lipinski definition) is 5. The van der Waals surface area contributed by atoms with E-state index in [9.17, 15) is 18.3 Å². The van der Waals surface area contributed by atoms with E-state index in [4.69, 9.17) is 0 Å². The molecular weight excluding hydrogens is 246 g/mol. The van der Waals surface area contributed by atoms with Gasteiger partial charge in [0.05, 0.1) is 16.9 Å². The molecule has 1 saturated heterocycles. The molecule has 2 rings (SSSR count). The highest BCUT2D eigenvalue weighted by atomic mass is 32.2. The van der Waals surface area contributed by atoms with Crippen molar-refractivity contribution in [2.45, 2.75) is 12.8 Å². The van der Waals surface area contributed by atoms with Gasteiger partial charge in [0.15, 0.2) is 9.84 Å². The average molecular weight is 259 g/mol. The number of aryl methyl sites for hydroxylation is 1. The van der Waals surface area contributed by atoms with Crippen molar-refractivity contribution in [1.29, 1.82) is 0 Å². The molecule has 1 aromatic heterocycles. The summed E-state index contributed by atoms with van der Waals surface area (Å²) in [5, 5.41) is 13.1. The number of nitrogens with zero attached hydrogens (tertiary/aromatic N) is 3. The van der Waals surface area contributed by atoms with Gasteiger partial charge in [0.25, 0.3) is 0 Å². The zero-order valence-electron chi connectivity index (χ0n) is 9.33. The number of carbonyl (C=O) groups is 1. The van der Waals surface area contributed by atoms with Gasteiger partial charge in [0, 0.05) is 13.5 Å². The summed E-state index contributed by atoms with van der Waals surface area (Å²) in [7, 11) is -1.60. The summed E-state index contributed by atoms with van der Waals surface area (Å²) in [6, 6.07) is 0. The Bertz CT molecular complexity index is 550. The first-order valence-corrected chi connectivity index (χ1v) is 6.93. The third kappa shape index (κ3) is 2.17. The third-order valence-corrected chi connectivity index (χ3v) is 4.96. The lowest BCUT2D eigenvalue weighted by Crippen LogP contribution is -2.35. The highest BCUT2D eigenvalue weighted by Gasteiger charge is 2.49. The van der Waals surface area contributed by atoms with Crippen molar-refractivity contribution in [1.82, 2.24) is 14.8 Å². The molecule has 2 heterocycles. The fraction of sp³-hybridized carbons (Fsp3) is 0.667. The first kappa shape index (κ1) is 12.0. The Morgan fingerprint density at radius 2 is 2.35 bits per heavy atom. The summed E-state index contributed by atoms with van der Waals surface area (Å²) in [4.78, 5) is 15.3. The van der Waals surface area contributed by atoms with E-state index in [0.717, 1.165) is 0 Å². The van der Waals surface area contributed by atoms with E-state index in [-0.39, 0.29) is 24.3 Å². The fourth-order valence-electron chi connectivity index (χ4n) is 2.08. The van der Waals surface area contributed by atoms with Crippen LogP contribution in [0.15, 0.2) is 6.33 Å². The van der Waals surface area contributed by atoms with Gasteiger partial charge in [-0.3, -0.25) is 9.48 Å². The first-order chi connectivity index (χ1) is 7.85.